The van der Waals surface area contributed by atoms with E-state index in [-0.39, 0.29) is 6.09 Å². The predicted molar refractivity (Wildman–Crippen MR) is 83.7 cm³/mol. The third-order valence-corrected chi connectivity index (χ3v) is 3.43. The largest absolute Gasteiger partial charge is 0.444 e. The van der Waals surface area contributed by atoms with Crippen LogP contribution in [0.15, 0.2) is 18.5 Å². The van der Waals surface area contributed by atoms with Gasteiger partial charge in [0.05, 0.1) is 16.9 Å². The third-order valence-electron chi connectivity index (χ3n) is 3.22. The van der Waals surface area contributed by atoms with E-state index in [1.807, 2.05) is 26.8 Å². The van der Waals surface area contributed by atoms with Gasteiger partial charge in [0.25, 0.3) is 0 Å². The first kappa shape index (κ1) is 15.9. The summed E-state index contributed by atoms with van der Waals surface area (Å²) in [5.74, 6) is 0. The Morgan fingerprint density at radius 2 is 2.05 bits per heavy atom. The van der Waals surface area contributed by atoms with Crippen molar-refractivity contribution >= 4 is 23.4 Å². The molecule has 1 aromatic rings. The van der Waals surface area contributed by atoms with Gasteiger partial charge in [0.2, 0.25) is 0 Å². The van der Waals surface area contributed by atoms with Crippen molar-refractivity contribution < 1.29 is 9.53 Å². The Labute approximate surface area is 130 Å². The maximum absolute atomic E-state index is 12.0. The Kier molecular flexibility index (Phi) is 4.93. The fraction of sp³-hybridized carbons (Fsp3) is 0.600. The molecular formula is C15H22ClN3O2. The highest BCUT2D eigenvalue weighted by Gasteiger charge is 2.26. The van der Waals surface area contributed by atoms with E-state index in [2.05, 4.69) is 10.3 Å². The van der Waals surface area contributed by atoms with Crippen LogP contribution in [-0.4, -0.2) is 40.7 Å². The molecule has 6 heteroatoms. The average molecular weight is 312 g/mol. The van der Waals surface area contributed by atoms with Crippen LogP contribution in [-0.2, 0) is 4.74 Å². The van der Waals surface area contributed by atoms with Crippen LogP contribution in [0.4, 0.5) is 10.5 Å². The van der Waals surface area contributed by atoms with Crippen LogP contribution in [0.1, 0.15) is 33.6 Å². The fourth-order valence-corrected chi connectivity index (χ4v) is 2.43. The average Bonchev–Trinajstić information content (AvgIpc) is 2.37. The van der Waals surface area contributed by atoms with Gasteiger partial charge < -0.3 is 15.0 Å². The number of carbonyl (C=O) groups is 1. The van der Waals surface area contributed by atoms with E-state index in [0.717, 1.165) is 18.5 Å². The van der Waals surface area contributed by atoms with Crippen molar-refractivity contribution in [1.29, 1.82) is 0 Å². The second-order valence-corrected chi connectivity index (χ2v) is 6.71. The normalized spacial score (nSPS) is 16.7. The molecule has 1 saturated heterocycles. The van der Waals surface area contributed by atoms with E-state index < -0.39 is 5.60 Å². The number of ether oxygens (including phenoxy) is 1. The van der Waals surface area contributed by atoms with Gasteiger partial charge >= 0.3 is 6.09 Å². The minimum atomic E-state index is -0.446. The SMILES string of the molecule is CC(C)(C)OC(=O)N1CCC(Nc2cncc(Cl)c2)CC1. The molecule has 21 heavy (non-hydrogen) atoms. The van der Waals surface area contributed by atoms with Crippen LogP contribution in [0.3, 0.4) is 0 Å². The molecule has 1 aliphatic rings. The van der Waals surface area contributed by atoms with Crippen molar-refractivity contribution in [1.82, 2.24) is 9.88 Å². The number of rotatable bonds is 2. The van der Waals surface area contributed by atoms with E-state index in [4.69, 9.17) is 16.3 Å². The fourth-order valence-electron chi connectivity index (χ4n) is 2.26. The first-order valence-corrected chi connectivity index (χ1v) is 7.56. The Balaban J connectivity index is 1.82. The quantitative estimate of drug-likeness (QED) is 0.907. The van der Waals surface area contributed by atoms with Gasteiger partial charge in [0, 0.05) is 25.3 Å². The number of nitrogens with one attached hydrogen (secondary N) is 1. The highest BCUT2D eigenvalue weighted by atomic mass is 35.5. The maximum atomic E-state index is 12.0. The number of carbonyl (C=O) groups excluding carboxylic acids is 1. The molecule has 2 rings (SSSR count). The van der Waals surface area contributed by atoms with E-state index in [1.54, 1.807) is 17.3 Å². The van der Waals surface area contributed by atoms with Crippen molar-refractivity contribution in [3.8, 4) is 0 Å². The van der Waals surface area contributed by atoms with Crippen molar-refractivity contribution in [2.24, 2.45) is 0 Å². The molecule has 1 fully saturated rings. The summed E-state index contributed by atoms with van der Waals surface area (Å²) in [4.78, 5) is 17.8. The zero-order chi connectivity index (χ0) is 15.5. The standard InChI is InChI=1S/C15H22ClN3O2/c1-15(2,3)21-14(20)19-6-4-12(5-7-19)18-13-8-11(16)9-17-10-13/h8-10,12,18H,4-7H2,1-3H3. The predicted octanol–water partition coefficient (Wildman–Crippen LogP) is 3.55. The van der Waals surface area contributed by atoms with Gasteiger partial charge in [-0.25, -0.2) is 4.79 Å². The molecule has 0 radical (unpaired) electrons. The number of aromatic nitrogens is 1. The van der Waals surface area contributed by atoms with Gasteiger partial charge in [-0.1, -0.05) is 11.6 Å². The van der Waals surface area contributed by atoms with Crippen LogP contribution in [0.25, 0.3) is 0 Å². The summed E-state index contributed by atoms with van der Waals surface area (Å²) in [6.07, 6.45) is 4.90. The van der Waals surface area contributed by atoms with Gasteiger partial charge in [-0.05, 0) is 39.7 Å². The number of likely N-dealkylation sites (tertiary alicyclic amines) is 1. The lowest BCUT2D eigenvalue weighted by Gasteiger charge is -2.34. The van der Waals surface area contributed by atoms with Gasteiger partial charge in [-0.2, -0.15) is 0 Å². The summed E-state index contributed by atoms with van der Waals surface area (Å²) in [6.45, 7) is 7.03. The summed E-state index contributed by atoms with van der Waals surface area (Å²) in [7, 11) is 0. The molecule has 2 heterocycles. The molecule has 0 spiro atoms. The van der Waals surface area contributed by atoms with Crippen LogP contribution >= 0.6 is 11.6 Å². The van der Waals surface area contributed by atoms with E-state index in [0.29, 0.717) is 24.2 Å². The molecule has 1 aliphatic heterocycles. The monoisotopic (exact) mass is 311 g/mol. The molecule has 0 bridgehead atoms. The zero-order valence-electron chi connectivity index (χ0n) is 12.7. The molecule has 0 aliphatic carbocycles. The second-order valence-electron chi connectivity index (χ2n) is 6.28. The first-order valence-electron chi connectivity index (χ1n) is 7.18. The summed E-state index contributed by atoms with van der Waals surface area (Å²) < 4.78 is 5.39. The minimum absolute atomic E-state index is 0.231. The van der Waals surface area contributed by atoms with Crippen molar-refractivity contribution in [3.05, 3.63) is 23.5 Å². The Morgan fingerprint density at radius 3 is 2.62 bits per heavy atom. The lowest BCUT2D eigenvalue weighted by molar-refractivity contribution is 0.0210. The second kappa shape index (κ2) is 6.52. The molecule has 0 aromatic carbocycles. The van der Waals surface area contributed by atoms with Crippen molar-refractivity contribution in [2.75, 3.05) is 18.4 Å². The lowest BCUT2D eigenvalue weighted by atomic mass is 10.1. The molecule has 0 saturated carbocycles. The van der Waals surface area contributed by atoms with Crippen LogP contribution in [0.2, 0.25) is 5.02 Å². The lowest BCUT2D eigenvalue weighted by Crippen LogP contribution is -2.44. The summed E-state index contributed by atoms with van der Waals surface area (Å²) in [5, 5.41) is 4.02. The molecule has 116 valence electrons. The number of hydrogen-bond donors (Lipinski definition) is 1. The minimum Gasteiger partial charge on any atom is -0.444 e. The van der Waals surface area contributed by atoms with E-state index in [9.17, 15) is 4.79 Å². The number of nitrogens with zero attached hydrogens (tertiary/aromatic N) is 2. The number of anilines is 1. The first-order chi connectivity index (χ1) is 9.83. The summed E-state index contributed by atoms with van der Waals surface area (Å²) in [6, 6.07) is 2.18. The molecule has 0 unspecified atom stereocenters. The summed E-state index contributed by atoms with van der Waals surface area (Å²) >= 11 is 5.92. The number of pyridine rings is 1. The molecule has 5 nitrogen and oxygen atoms in total. The molecule has 0 atom stereocenters. The number of hydrogen-bond acceptors (Lipinski definition) is 4. The van der Waals surface area contributed by atoms with Gasteiger partial charge in [0.15, 0.2) is 0 Å². The van der Waals surface area contributed by atoms with Gasteiger partial charge in [0.1, 0.15) is 5.60 Å². The topological polar surface area (TPSA) is 54.5 Å². The maximum Gasteiger partial charge on any atom is 0.410 e. The van der Waals surface area contributed by atoms with E-state index >= 15 is 0 Å². The van der Waals surface area contributed by atoms with E-state index in [1.165, 1.54) is 0 Å². The van der Waals surface area contributed by atoms with Crippen molar-refractivity contribution in [3.63, 3.8) is 0 Å². The number of halogens is 1. The Hall–Kier alpha value is -1.49. The zero-order valence-corrected chi connectivity index (χ0v) is 13.5. The molecule has 1 aromatic heterocycles. The number of amides is 1. The van der Waals surface area contributed by atoms with Gasteiger partial charge in [-0.15, -0.1) is 0 Å². The Bertz CT molecular complexity index is 494. The van der Waals surface area contributed by atoms with Gasteiger partial charge in [-0.3, -0.25) is 4.98 Å². The van der Waals surface area contributed by atoms with Crippen LogP contribution in [0.5, 0.6) is 0 Å². The molecule has 1 amide bonds. The molecular weight excluding hydrogens is 290 g/mol. The molecule has 1 N–H and O–H groups in total. The number of piperidine rings is 1. The third kappa shape index (κ3) is 5.08. The van der Waals surface area contributed by atoms with Crippen LogP contribution < -0.4 is 5.32 Å². The smallest absolute Gasteiger partial charge is 0.410 e. The van der Waals surface area contributed by atoms with Crippen molar-refractivity contribution in [2.45, 2.75) is 45.3 Å². The Morgan fingerprint density at radius 1 is 1.38 bits per heavy atom. The van der Waals surface area contributed by atoms with Crippen LogP contribution in [0, 0.1) is 0 Å². The highest BCUT2D eigenvalue weighted by Crippen LogP contribution is 2.20. The highest BCUT2D eigenvalue weighted by molar-refractivity contribution is 6.30. The summed E-state index contributed by atoms with van der Waals surface area (Å²) in [5.41, 5.74) is 0.469.